The first kappa shape index (κ1) is 14.7. The van der Waals surface area contributed by atoms with Crippen LogP contribution >= 0.6 is 0 Å². The van der Waals surface area contributed by atoms with Crippen LogP contribution in [0.2, 0.25) is 0 Å². The molecular formula is C16H22N2O2. The first-order chi connectivity index (χ1) is 9.61. The molecule has 0 spiro atoms. The predicted octanol–water partition coefficient (Wildman–Crippen LogP) is 2.65. The van der Waals surface area contributed by atoms with Crippen molar-refractivity contribution >= 4 is 11.7 Å². The number of Topliss-reactive ketones (excluding diaryl/α,β-unsaturated/α-hetero) is 1. The number of carbonyl (C=O) groups is 2. The van der Waals surface area contributed by atoms with Gasteiger partial charge in [-0.2, -0.15) is 0 Å². The van der Waals surface area contributed by atoms with Crippen molar-refractivity contribution in [3.05, 3.63) is 30.1 Å². The van der Waals surface area contributed by atoms with Crippen molar-refractivity contribution in [1.82, 2.24) is 10.3 Å². The number of nitrogens with one attached hydrogen (secondary N) is 1. The van der Waals surface area contributed by atoms with E-state index in [2.05, 4.69) is 17.2 Å². The molecule has 4 heteroatoms. The van der Waals surface area contributed by atoms with Gasteiger partial charge in [0.25, 0.3) is 0 Å². The topological polar surface area (TPSA) is 59.1 Å². The molecule has 1 saturated carbocycles. The van der Waals surface area contributed by atoms with Crippen LogP contribution < -0.4 is 5.32 Å². The van der Waals surface area contributed by atoms with Crippen LogP contribution in [0, 0.1) is 11.8 Å². The molecule has 1 N–H and O–H groups in total. The van der Waals surface area contributed by atoms with E-state index in [0.29, 0.717) is 19.3 Å². The number of pyridine rings is 1. The average Bonchev–Trinajstić information content (AvgIpc) is 2.48. The Morgan fingerprint density at radius 1 is 1.45 bits per heavy atom. The third-order valence-electron chi connectivity index (χ3n) is 4.13. The molecule has 1 aliphatic rings. The number of nitrogens with zero attached hydrogens (tertiary/aromatic N) is 1. The summed E-state index contributed by atoms with van der Waals surface area (Å²) in [5.74, 6) is 0.349. The van der Waals surface area contributed by atoms with E-state index in [0.717, 1.165) is 12.0 Å². The lowest BCUT2D eigenvalue weighted by Gasteiger charge is -2.27. The van der Waals surface area contributed by atoms with E-state index in [1.807, 2.05) is 19.1 Å². The summed E-state index contributed by atoms with van der Waals surface area (Å²) in [6.45, 7) is 3.97. The zero-order valence-electron chi connectivity index (χ0n) is 12.1. The van der Waals surface area contributed by atoms with E-state index in [-0.39, 0.29) is 29.6 Å². The fraction of sp³-hybridized carbons (Fsp3) is 0.562. The normalized spacial score (nSPS) is 24.2. The maximum atomic E-state index is 12.4. The van der Waals surface area contributed by atoms with Crippen LogP contribution in [0.4, 0.5) is 0 Å². The quantitative estimate of drug-likeness (QED) is 0.918. The predicted molar refractivity (Wildman–Crippen MR) is 76.9 cm³/mol. The van der Waals surface area contributed by atoms with Crippen molar-refractivity contribution in [3.63, 3.8) is 0 Å². The summed E-state index contributed by atoms with van der Waals surface area (Å²) < 4.78 is 0. The Kier molecular flexibility index (Phi) is 4.88. The second kappa shape index (κ2) is 6.64. The zero-order chi connectivity index (χ0) is 14.5. The molecule has 2 rings (SSSR count). The summed E-state index contributed by atoms with van der Waals surface area (Å²) in [7, 11) is 0. The molecule has 3 atom stereocenters. The highest BCUT2D eigenvalue weighted by Crippen LogP contribution is 2.27. The molecular weight excluding hydrogens is 252 g/mol. The molecule has 0 aromatic carbocycles. The van der Waals surface area contributed by atoms with Crippen LogP contribution in [0.25, 0.3) is 0 Å². The fourth-order valence-electron chi connectivity index (χ4n) is 2.78. The number of aromatic nitrogens is 1. The molecule has 20 heavy (non-hydrogen) atoms. The van der Waals surface area contributed by atoms with Crippen LogP contribution in [0.5, 0.6) is 0 Å². The summed E-state index contributed by atoms with van der Waals surface area (Å²) in [5.41, 5.74) is 1.08. The number of amides is 1. The molecule has 4 nitrogen and oxygen atoms in total. The van der Waals surface area contributed by atoms with Crippen molar-refractivity contribution < 1.29 is 9.59 Å². The second-order valence-electron chi connectivity index (χ2n) is 5.59. The van der Waals surface area contributed by atoms with Crippen LogP contribution in [0.1, 0.15) is 51.1 Å². The maximum Gasteiger partial charge on any atom is 0.223 e. The van der Waals surface area contributed by atoms with Crippen molar-refractivity contribution in [2.75, 3.05) is 0 Å². The Morgan fingerprint density at radius 2 is 2.15 bits per heavy atom. The Balaban J connectivity index is 1.98. The molecule has 108 valence electrons. The minimum absolute atomic E-state index is 0.0144. The number of hydrogen-bond acceptors (Lipinski definition) is 3. The Labute approximate surface area is 120 Å². The summed E-state index contributed by atoms with van der Waals surface area (Å²) >= 11 is 0. The molecule has 0 saturated heterocycles. The van der Waals surface area contributed by atoms with E-state index in [1.54, 1.807) is 12.4 Å². The average molecular weight is 274 g/mol. The van der Waals surface area contributed by atoms with Crippen LogP contribution in [-0.4, -0.2) is 16.7 Å². The SMILES string of the molecule is CC[C@H](NC(=O)[C@@H]1CCC(=O)[C@H](C)C1)c1ccncc1. The lowest BCUT2D eigenvalue weighted by Crippen LogP contribution is -2.37. The van der Waals surface area contributed by atoms with Crippen molar-refractivity contribution in [2.24, 2.45) is 11.8 Å². The minimum atomic E-state index is -0.0291. The van der Waals surface area contributed by atoms with Gasteiger partial charge in [-0.15, -0.1) is 0 Å². The molecule has 0 unspecified atom stereocenters. The first-order valence-electron chi connectivity index (χ1n) is 7.34. The van der Waals surface area contributed by atoms with Crippen molar-refractivity contribution in [1.29, 1.82) is 0 Å². The smallest absolute Gasteiger partial charge is 0.223 e. The number of hydrogen-bond donors (Lipinski definition) is 1. The summed E-state index contributed by atoms with van der Waals surface area (Å²) in [6, 6.07) is 3.89. The van der Waals surface area contributed by atoms with Crippen molar-refractivity contribution in [3.8, 4) is 0 Å². The highest BCUT2D eigenvalue weighted by atomic mass is 16.2. The van der Waals surface area contributed by atoms with Gasteiger partial charge in [-0.25, -0.2) is 0 Å². The maximum absolute atomic E-state index is 12.4. The summed E-state index contributed by atoms with van der Waals surface area (Å²) in [4.78, 5) is 27.9. The van der Waals surface area contributed by atoms with Gasteiger partial charge < -0.3 is 5.32 Å². The van der Waals surface area contributed by atoms with Crippen LogP contribution in [-0.2, 0) is 9.59 Å². The van der Waals surface area contributed by atoms with E-state index < -0.39 is 0 Å². The number of carbonyl (C=O) groups excluding carboxylic acids is 2. The van der Waals surface area contributed by atoms with Gasteiger partial charge >= 0.3 is 0 Å². The van der Waals surface area contributed by atoms with Crippen molar-refractivity contribution in [2.45, 2.75) is 45.6 Å². The van der Waals surface area contributed by atoms with Gasteiger partial charge in [0.15, 0.2) is 0 Å². The van der Waals surface area contributed by atoms with Gasteiger partial charge in [0.1, 0.15) is 5.78 Å². The van der Waals surface area contributed by atoms with E-state index in [4.69, 9.17) is 0 Å². The van der Waals surface area contributed by atoms with E-state index in [9.17, 15) is 9.59 Å². The zero-order valence-corrected chi connectivity index (χ0v) is 12.1. The number of ketones is 1. The van der Waals surface area contributed by atoms with Gasteiger partial charge in [-0.3, -0.25) is 14.6 Å². The Hall–Kier alpha value is -1.71. The van der Waals surface area contributed by atoms with Gasteiger partial charge in [-0.05, 0) is 37.0 Å². The highest BCUT2D eigenvalue weighted by Gasteiger charge is 2.30. The molecule has 1 aliphatic carbocycles. The Bertz CT molecular complexity index is 473. The summed E-state index contributed by atoms with van der Waals surface area (Å²) in [5, 5.41) is 3.11. The molecule has 1 fully saturated rings. The van der Waals surface area contributed by atoms with Crippen LogP contribution in [0.15, 0.2) is 24.5 Å². The van der Waals surface area contributed by atoms with Gasteiger partial charge in [0.2, 0.25) is 5.91 Å². The minimum Gasteiger partial charge on any atom is -0.349 e. The van der Waals surface area contributed by atoms with Crippen LogP contribution in [0.3, 0.4) is 0 Å². The first-order valence-corrected chi connectivity index (χ1v) is 7.34. The second-order valence-corrected chi connectivity index (χ2v) is 5.59. The summed E-state index contributed by atoms with van der Waals surface area (Å²) in [6.07, 6.45) is 6.22. The lowest BCUT2D eigenvalue weighted by atomic mass is 9.81. The fourth-order valence-corrected chi connectivity index (χ4v) is 2.78. The molecule has 1 heterocycles. The monoisotopic (exact) mass is 274 g/mol. The largest absolute Gasteiger partial charge is 0.349 e. The molecule has 0 bridgehead atoms. The van der Waals surface area contributed by atoms with Gasteiger partial charge in [0, 0.05) is 30.7 Å². The highest BCUT2D eigenvalue weighted by molar-refractivity contribution is 5.86. The van der Waals surface area contributed by atoms with E-state index in [1.165, 1.54) is 0 Å². The third kappa shape index (κ3) is 3.44. The number of rotatable bonds is 4. The molecule has 0 aliphatic heterocycles. The van der Waals surface area contributed by atoms with Gasteiger partial charge in [0.05, 0.1) is 6.04 Å². The molecule has 0 radical (unpaired) electrons. The molecule has 1 amide bonds. The standard InChI is InChI=1S/C16H22N2O2/c1-3-14(12-6-8-17-9-7-12)18-16(20)13-4-5-15(19)11(2)10-13/h6-9,11,13-14H,3-5,10H2,1-2H3,(H,18,20)/t11-,13-,14+/m1/s1. The Morgan fingerprint density at radius 3 is 2.75 bits per heavy atom. The molecule has 1 aromatic rings. The van der Waals surface area contributed by atoms with Gasteiger partial charge in [-0.1, -0.05) is 13.8 Å². The van der Waals surface area contributed by atoms with E-state index >= 15 is 0 Å². The third-order valence-corrected chi connectivity index (χ3v) is 4.13. The lowest BCUT2D eigenvalue weighted by molar-refractivity contribution is -0.131. The molecule has 1 aromatic heterocycles.